The Labute approximate surface area is 143 Å². The number of nitrogens with zero attached hydrogens (tertiary/aromatic N) is 3. The summed E-state index contributed by atoms with van der Waals surface area (Å²) in [6.07, 6.45) is 5.07. The van der Waals surface area contributed by atoms with Crippen molar-refractivity contribution < 1.29 is 9.59 Å². The van der Waals surface area contributed by atoms with Crippen LogP contribution in [0.15, 0.2) is 47.9 Å². The molecule has 0 bridgehead atoms. The molecule has 2 N–H and O–H groups in total. The first-order valence-corrected chi connectivity index (χ1v) is 8.51. The Morgan fingerprint density at radius 3 is 2.92 bits per heavy atom. The first-order valence-electron chi connectivity index (χ1n) is 7.53. The highest BCUT2D eigenvalue weighted by atomic mass is 32.2. The van der Waals surface area contributed by atoms with Gasteiger partial charge in [0, 0.05) is 37.4 Å². The van der Waals surface area contributed by atoms with Crippen molar-refractivity contribution in [2.24, 2.45) is 0 Å². The zero-order valence-electron chi connectivity index (χ0n) is 12.9. The Morgan fingerprint density at radius 2 is 2.08 bits per heavy atom. The fraction of sp³-hybridized carbons (Fsp3) is 0.250. The molecule has 0 saturated carbocycles. The number of rotatable bonds is 4. The molecular formula is C16H17N5O2S. The van der Waals surface area contributed by atoms with Crippen molar-refractivity contribution in [2.45, 2.75) is 11.6 Å². The molecule has 0 saturated heterocycles. The van der Waals surface area contributed by atoms with Crippen LogP contribution in [0.1, 0.15) is 5.56 Å². The summed E-state index contributed by atoms with van der Waals surface area (Å²) in [5.74, 6) is 0.537. The van der Waals surface area contributed by atoms with Crippen LogP contribution >= 0.6 is 11.8 Å². The van der Waals surface area contributed by atoms with Gasteiger partial charge in [0.05, 0.1) is 12.2 Å². The number of nitrogens with one attached hydrogen (secondary N) is 2. The van der Waals surface area contributed by atoms with Crippen LogP contribution < -0.4 is 15.5 Å². The van der Waals surface area contributed by atoms with Gasteiger partial charge in [0.2, 0.25) is 5.91 Å². The van der Waals surface area contributed by atoms with Crippen LogP contribution in [-0.2, 0) is 11.3 Å². The van der Waals surface area contributed by atoms with E-state index in [2.05, 4.69) is 20.6 Å². The molecule has 0 fully saturated rings. The number of amides is 3. The van der Waals surface area contributed by atoms with Crippen molar-refractivity contribution in [1.29, 1.82) is 0 Å². The van der Waals surface area contributed by atoms with Crippen molar-refractivity contribution in [3.05, 3.63) is 48.4 Å². The largest absolute Gasteiger partial charge is 0.350 e. The van der Waals surface area contributed by atoms with E-state index in [-0.39, 0.29) is 18.5 Å². The van der Waals surface area contributed by atoms with Gasteiger partial charge in [-0.3, -0.25) is 14.7 Å². The molecule has 0 aliphatic carbocycles. The first kappa shape index (κ1) is 16.3. The third-order valence-electron chi connectivity index (χ3n) is 3.45. The SMILES string of the molecule is O=C(CNC(=O)N1CCSc2ncccc21)NCc1cccnc1. The molecular weight excluding hydrogens is 326 g/mol. The highest BCUT2D eigenvalue weighted by Gasteiger charge is 2.23. The van der Waals surface area contributed by atoms with Crippen molar-refractivity contribution in [1.82, 2.24) is 20.6 Å². The number of carbonyl (C=O) groups is 2. The van der Waals surface area contributed by atoms with Gasteiger partial charge in [0.1, 0.15) is 5.03 Å². The van der Waals surface area contributed by atoms with Crippen molar-refractivity contribution in [3.63, 3.8) is 0 Å². The molecule has 1 aliphatic rings. The zero-order chi connectivity index (χ0) is 16.8. The van der Waals surface area contributed by atoms with Crippen LogP contribution in [0.25, 0.3) is 0 Å². The number of hydrogen-bond donors (Lipinski definition) is 2. The quantitative estimate of drug-likeness (QED) is 0.877. The molecule has 3 heterocycles. The number of fused-ring (bicyclic) bond motifs is 1. The lowest BCUT2D eigenvalue weighted by Gasteiger charge is -2.28. The molecule has 2 aromatic heterocycles. The van der Waals surface area contributed by atoms with Crippen LogP contribution in [0, 0.1) is 0 Å². The fourth-order valence-electron chi connectivity index (χ4n) is 2.28. The minimum absolute atomic E-state index is 0.0711. The highest BCUT2D eigenvalue weighted by molar-refractivity contribution is 7.99. The summed E-state index contributed by atoms with van der Waals surface area (Å²) in [5, 5.41) is 6.23. The second-order valence-corrected chi connectivity index (χ2v) is 6.21. The second kappa shape index (κ2) is 7.78. The van der Waals surface area contributed by atoms with Crippen LogP contribution in [0.2, 0.25) is 0 Å². The van der Waals surface area contributed by atoms with Gasteiger partial charge >= 0.3 is 6.03 Å². The van der Waals surface area contributed by atoms with E-state index in [9.17, 15) is 9.59 Å². The lowest BCUT2D eigenvalue weighted by Crippen LogP contribution is -2.46. The molecule has 0 unspecified atom stereocenters. The Kier molecular flexibility index (Phi) is 5.27. The predicted molar refractivity (Wildman–Crippen MR) is 91.8 cm³/mol. The first-order chi connectivity index (χ1) is 11.7. The maximum Gasteiger partial charge on any atom is 0.322 e. The summed E-state index contributed by atoms with van der Waals surface area (Å²) in [5.41, 5.74) is 1.69. The Bertz CT molecular complexity index is 725. The van der Waals surface area contributed by atoms with Gasteiger partial charge in [0.25, 0.3) is 0 Å². The molecule has 0 spiro atoms. The lowest BCUT2D eigenvalue weighted by molar-refractivity contribution is -0.120. The smallest absolute Gasteiger partial charge is 0.322 e. The topological polar surface area (TPSA) is 87.2 Å². The minimum Gasteiger partial charge on any atom is -0.350 e. The maximum atomic E-state index is 12.3. The fourth-order valence-corrected chi connectivity index (χ4v) is 3.21. The van der Waals surface area contributed by atoms with Crippen LogP contribution in [0.3, 0.4) is 0 Å². The molecule has 3 amide bonds. The normalized spacial score (nSPS) is 13.1. The van der Waals surface area contributed by atoms with E-state index in [1.54, 1.807) is 41.3 Å². The van der Waals surface area contributed by atoms with E-state index in [0.717, 1.165) is 22.0 Å². The molecule has 7 nitrogen and oxygen atoms in total. The van der Waals surface area contributed by atoms with Crippen molar-refractivity contribution >= 4 is 29.4 Å². The van der Waals surface area contributed by atoms with Gasteiger partial charge in [-0.1, -0.05) is 6.07 Å². The summed E-state index contributed by atoms with van der Waals surface area (Å²) in [4.78, 5) is 34.1. The van der Waals surface area contributed by atoms with Crippen LogP contribution in [0.5, 0.6) is 0 Å². The molecule has 24 heavy (non-hydrogen) atoms. The molecule has 0 atom stereocenters. The van der Waals surface area contributed by atoms with Crippen LogP contribution in [0.4, 0.5) is 10.5 Å². The number of carbonyl (C=O) groups excluding carboxylic acids is 2. The Balaban J connectivity index is 1.50. The maximum absolute atomic E-state index is 12.3. The van der Waals surface area contributed by atoms with E-state index in [1.807, 2.05) is 18.2 Å². The van der Waals surface area contributed by atoms with Crippen LogP contribution in [-0.4, -0.2) is 40.7 Å². The average Bonchev–Trinajstić information content (AvgIpc) is 2.64. The predicted octanol–water partition coefficient (Wildman–Crippen LogP) is 1.41. The van der Waals surface area contributed by atoms with Gasteiger partial charge in [-0.25, -0.2) is 9.78 Å². The van der Waals surface area contributed by atoms with E-state index in [4.69, 9.17) is 0 Å². The molecule has 8 heteroatoms. The number of pyridine rings is 2. The summed E-state index contributed by atoms with van der Waals surface area (Å²) in [6, 6.07) is 7.05. The molecule has 3 rings (SSSR count). The summed E-state index contributed by atoms with van der Waals surface area (Å²) >= 11 is 1.62. The number of anilines is 1. The zero-order valence-corrected chi connectivity index (χ0v) is 13.8. The number of thioether (sulfide) groups is 1. The number of urea groups is 1. The van der Waals surface area contributed by atoms with Gasteiger partial charge in [-0.2, -0.15) is 0 Å². The molecule has 0 radical (unpaired) electrons. The molecule has 2 aromatic rings. The summed E-state index contributed by atoms with van der Waals surface area (Å²) in [6.45, 7) is 0.903. The van der Waals surface area contributed by atoms with Gasteiger partial charge in [0.15, 0.2) is 0 Å². The Hall–Kier alpha value is -2.61. The minimum atomic E-state index is -0.291. The third kappa shape index (κ3) is 4.02. The highest BCUT2D eigenvalue weighted by Crippen LogP contribution is 2.32. The van der Waals surface area contributed by atoms with Gasteiger partial charge in [-0.05, 0) is 23.8 Å². The molecule has 1 aliphatic heterocycles. The lowest BCUT2D eigenvalue weighted by atomic mass is 10.3. The number of aromatic nitrogens is 2. The third-order valence-corrected chi connectivity index (χ3v) is 4.43. The summed E-state index contributed by atoms with van der Waals surface area (Å²) in [7, 11) is 0. The van der Waals surface area contributed by atoms with E-state index < -0.39 is 0 Å². The monoisotopic (exact) mass is 343 g/mol. The second-order valence-electron chi connectivity index (χ2n) is 5.12. The average molecular weight is 343 g/mol. The molecule has 124 valence electrons. The van der Waals surface area contributed by atoms with Crippen molar-refractivity contribution in [2.75, 3.05) is 23.7 Å². The van der Waals surface area contributed by atoms with E-state index in [0.29, 0.717) is 13.1 Å². The van der Waals surface area contributed by atoms with Gasteiger partial charge < -0.3 is 10.6 Å². The standard InChI is InChI=1S/C16H17N5O2S/c22-14(19-10-12-3-1-5-17-9-12)11-20-16(23)21-7-8-24-15-13(21)4-2-6-18-15/h1-6,9H,7-8,10-11H2,(H,19,22)(H,20,23). The van der Waals surface area contributed by atoms with Gasteiger partial charge in [-0.15, -0.1) is 11.8 Å². The van der Waals surface area contributed by atoms with Crippen molar-refractivity contribution in [3.8, 4) is 0 Å². The summed E-state index contributed by atoms with van der Waals surface area (Å²) < 4.78 is 0. The molecule has 0 aromatic carbocycles. The van der Waals surface area contributed by atoms with E-state index >= 15 is 0 Å². The van der Waals surface area contributed by atoms with E-state index in [1.165, 1.54) is 0 Å². The Morgan fingerprint density at radius 1 is 1.21 bits per heavy atom. The number of hydrogen-bond acceptors (Lipinski definition) is 5.